The summed E-state index contributed by atoms with van der Waals surface area (Å²) in [7, 11) is 0. The zero-order valence-electron chi connectivity index (χ0n) is 17.9. The molecule has 4 aromatic rings. The number of nitrogens with zero attached hydrogens (tertiary/aromatic N) is 3. The molecule has 0 saturated heterocycles. The number of carbonyl (C=O) groups is 1. The molecule has 2 aromatic heterocycles. The van der Waals surface area contributed by atoms with Crippen LogP contribution in [0.25, 0.3) is 16.7 Å². The molecule has 152 valence electrons. The summed E-state index contributed by atoms with van der Waals surface area (Å²) in [5, 5.41) is 8.58. The van der Waals surface area contributed by atoms with Crippen molar-refractivity contribution in [1.29, 1.82) is 0 Å². The van der Waals surface area contributed by atoms with Gasteiger partial charge in [-0.15, -0.1) is 0 Å². The summed E-state index contributed by atoms with van der Waals surface area (Å²) in [5.41, 5.74) is 7.01. The fraction of sp³-hybridized carbons (Fsp3) is 0.240. The first kappa shape index (κ1) is 19.8. The number of pyridine rings is 1. The molecule has 0 aliphatic carbocycles. The summed E-state index contributed by atoms with van der Waals surface area (Å²) in [6.07, 6.45) is 1.84. The molecule has 0 aliphatic rings. The van der Waals surface area contributed by atoms with E-state index < -0.39 is 0 Å². The zero-order chi connectivity index (χ0) is 21.3. The predicted octanol–water partition coefficient (Wildman–Crippen LogP) is 5.41. The first-order valence-corrected chi connectivity index (χ1v) is 10.4. The Morgan fingerprint density at radius 3 is 2.43 bits per heavy atom. The minimum absolute atomic E-state index is 0.143. The fourth-order valence-corrected chi connectivity index (χ4v) is 3.79. The third-order valence-electron chi connectivity index (χ3n) is 5.42. The maximum absolute atomic E-state index is 13.3. The molecule has 5 heteroatoms. The number of amides is 1. The highest BCUT2D eigenvalue weighted by atomic mass is 16.1. The smallest absolute Gasteiger partial charge is 0.256 e. The SMILES string of the molecule is CCc1ccc(-n2nc(C)c3c(C(=O)Nc4ccccc4CC)cc(C)nc32)cc1. The van der Waals surface area contributed by atoms with E-state index in [-0.39, 0.29) is 5.91 Å². The molecular weight excluding hydrogens is 372 g/mol. The molecule has 1 N–H and O–H groups in total. The van der Waals surface area contributed by atoms with Gasteiger partial charge in [-0.25, -0.2) is 9.67 Å². The summed E-state index contributed by atoms with van der Waals surface area (Å²) in [6, 6.07) is 18.0. The lowest BCUT2D eigenvalue weighted by molar-refractivity contribution is 0.102. The van der Waals surface area contributed by atoms with Gasteiger partial charge in [-0.1, -0.05) is 44.2 Å². The second kappa shape index (κ2) is 8.11. The summed E-state index contributed by atoms with van der Waals surface area (Å²) >= 11 is 0. The minimum Gasteiger partial charge on any atom is -0.322 e. The number of rotatable bonds is 5. The van der Waals surface area contributed by atoms with E-state index in [4.69, 9.17) is 10.1 Å². The Bertz CT molecular complexity index is 1220. The van der Waals surface area contributed by atoms with E-state index in [2.05, 4.69) is 31.3 Å². The zero-order valence-corrected chi connectivity index (χ0v) is 17.9. The van der Waals surface area contributed by atoms with E-state index in [1.807, 2.05) is 61.0 Å². The first-order valence-electron chi connectivity index (χ1n) is 10.4. The van der Waals surface area contributed by atoms with E-state index in [0.29, 0.717) is 11.2 Å². The number of carbonyl (C=O) groups excluding carboxylic acids is 1. The fourth-order valence-electron chi connectivity index (χ4n) is 3.79. The molecule has 4 rings (SSSR count). The van der Waals surface area contributed by atoms with Crippen LogP contribution in [-0.2, 0) is 12.8 Å². The van der Waals surface area contributed by atoms with Crippen molar-refractivity contribution < 1.29 is 4.79 Å². The van der Waals surface area contributed by atoms with E-state index in [9.17, 15) is 4.79 Å². The van der Waals surface area contributed by atoms with Crippen molar-refractivity contribution in [3.8, 4) is 5.69 Å². The van der Waals surface area contributed by atoms with Crippen LogP contribution in [0.1, 0.15) is 46.7 Å². The van der Waals surface area contributed by atoms with Crippen molar-refractivity contribution >= 4 is 22.6 Å². The third-order valence-corrected chi connectivity index (χ3v) is 5.42. The average Bonchev–Trinajstić information content (AvgIpc) is 3.09. The highest BCUT2D eigenvalue weighted by Crippen LogP contribution is 2.26. The average molecular weight is 399 g/mol. The monoisotopic (exact) mass is 398 g/mol. The Kier molecular flexibility index (Phi) is 5.36. The van der Waals surface area contributed by atoms with Crippen molar-refractivity contribution in [2.75, 3.05) is 5.32 Å². The van der Waals surface area contributed by atoms with Gasteiger partial charge in [0.1, 0.15) is 0 Å². The minimum atomic E-state index is -0.143. The van der Waals surface area contributed by atoms with Gasteiger partial charge in [0.25, 0.3) is 5.91 Å². The van der Waals surface area contributed by atoms with Crippen molar-refractivity contribution in [1.82, 2.24) is 14.8 Å². The van der Waals surface area contributed by atoms with Gasteiger partial charge in [0.2, 0.25) is 0 Å². The number of nitrogens with one attached hydrogen (secondary N) is 1. The molecule has 2 aromatic carbocycles. The number of fused-ring (bicyclic) bond motifs is 1. The van der Waals surface area contributed by atoms with Gasteiger partial charge in [-0.3, -0.25) is 4.79 Å². The molecule has 0 spiro atoms. The molecule has 0 radical (unpaired) electrons. The lowest BCUT2D eigenvalue weighted by Gasteiger charge is -2.11. The quantitative estimate of drug-likeness (QED) is 0.489. The Morgan fingerprint density at radius 2 is 1.73 bits per heavy atom. The Morgan fingerprint density at radius 1 is 1.00 bits per heavy atom. The van der Waals surface area contributed by atoms with Crippen LogP contribution in [0.3, 0.4) is 0 Å². The maximum Gasteiger partial charge on any atom is 0.256 e. The molecule has 0 saturated carbocycles. The van der Waals surface area contributed by atoms with Crippen LogP contribution in [0.5, 0.6) is 0 Å². The summed E-state index contributed by atoms with van der Waals surface area (Å²) in [6.45, 7) is 8.04. The molecule has 2 heterocycles. The molecule has 0 fully saturated rings. The first-order chi connectivity index (χ1) is 14.5. The molecular formula is C25H26N4O. The third kappa shape index (κ3) is 3.59. The number of anilines is 1. The van der Waals surface area contributed by atoms with E-state index in [1.54, 1.807) is 0 Å². The second-order valence-electron chi connectivity index (χ2n) is 7.49. The molecule has 0 unspecified atom stereocenters. The molecule has 0 aliphatic heterocycles. The van der Waals surface area contributed by atoms with Crippen LogP contribution in [-0.4, -0.2) is 20.7 Å². The van der Waals surface area contributed by atoms with Crippen molar-refractivity contribution in [3.05, 3.63) is 82.7 Å². The molecule has 5 nitrogen and oxygen atoms in total. The van der Waals surface area contributed by atoms with E-state index >= 15 is 0 Å². The van der Waals surface area contributed by atoms with Gasteiger partial charge >= 0.3 is 0 Å². The normalized spacial score (nSPS) is 11.1. The number of aryl methyl sites for hydroxylation is 4. The Hall–Kier alpha value is -3.47. The van der Waals surface area contributed by atoms with E-state index in [0.717, 1.165) is 46.6 Å². The summed E-state index contributed by atoms with van der Waals surface area (Å²) in [4.78, 5) is 18.0. The van der Waals surface area contributed by atoms with Gasteiger partial charge in [0.15, 0.2) is 5.65 Å². The number of benzene rings is 2. The lowest BCUT2D eigenvalue weighted by Crippen LogP contribution is -2.14. The van der Waals surface area contributed by atoms with Crippen molar-refractivity contribution in [2.45, 2.75) is 40.5 Å². The topological polar surface area (TPSA) is 59.8 Å². The van der Waals surface area contributed by atoms with Gasteiger partial charge in [-0.05, 0) is 62.1 Å². The predicted molar refractivity (Wildman–Crippen MR) is 121 cm³/mol. The van der Waals surface area contributed by atoms with Crippen LogP contribution >= 0.6 is 0 Å². The van der Waals surface area contributed by atoms with Crippen LogP contribution in [0.2, 0.25) is 0 Å². The van der Waals surface area contributed by atoms with Crippen molar-refractivity contribution in [2.24, 2.45) is 0 Å². The van der Waals surface area contributed by atoms with Crippen LogP contribution < -0.4 is 5.32 Å². The van der Waals surface area contributed by atoms with Crippen LogP contribution in [0.4, 0.5) is 5.69 Å². The maximum atomic E-state index is 13.3. The van der Waals surface area contributed by atoms with Crippen molar-refractivity contribution in [3.63, 3.8) is 0 Å². The van der Waals surface area contributed by atoms with Crippen LogP contribution in [0.15, 0.2) is 54.6 Å². The highest BCUT2D eigenvalue weighted by molar-refractivity contribution is 6.13. The molecule has 1 amide bonds. The molecule has 30 heavy (non-hydrogen) atoms. The number of hydrogen-bond acceptors (Lipinski definition) is 3. The number of aromatic nitrogens is 3. The summed E-state index contributed by atoms with van der Waals surface area (Å²) in [5.74, 6) is -0.143. The van der Waals surface area contributed by atoms with Gasteiger partial charge < -0.3 is 5.32 Å². The summed E-state index contributed by atoms with van der Waals surface area (Å²) < 4.78 is 1.83. The number of hydrogen-bond donors (Lipinski definition) is 1. The second-order valence-corrected chi connectivity index (χ2v) is 7.49. The molecule has 0 atom stereocenters. The Balaban J connectivity index is 1.81. The largest absolute Gasteiger partial charge is 0.322 e. The van der Waals surface area contributed by atoms with Gasteiger partial charge in [0, 0.05) is 11.4 Å². The Labute approximate surface area is 176 Å². The standard InChI is InChI=1S/C25H26N4O/c1-5-18-11-13-20(14-12-18)29-24-23(17(4)28-29)21(15-16(3)26-24)25(30)27-22-10-8-7-9-19(22)6-2/h7-15H,5-6H2,1-4H3,(H,27,30). The molecule has 0 bridgehead atoms. The van der Waals surface area contributed by atoms with E-state index in [1.165, 1.54) is 5.56 Å². The number of para-hydroxylation sites is 1. The highest BCUT2D eigenvalue weighted by Gasteiger charge is 2.20. The lowest BCUT2D eigenvalue weighted by atomic mass is 10.1. The van der Waals surface area contributed by atoms with Gasteiger partial charge in [0.05, 0.1) is 22.3 Å². The van der Waals surface area contributed by atoms with Crippen LogP contribution in [0, 0.1) is 13.8 Å². The van der Waals surface area contributed by atoms with Gasteiger partial charge in [-0.2, -0.15) is 5.10 Å².